The van der Waals surface area contributed by atoms with Crippen LogP contribution in [-0.2, 0) is 19.4 Å². The van der Waals surface area contributed by atoms with Crippen LogP contribution in [0.15, 0.2) is 29.2 Å². The number of hydrogen-bond acceptors (Lipinski definition) is 4. The normalized spacial score (nSPS) is 23.0. The van der Waals surface area contributed by atoms with E-state index in [1.165, 1.54) is 12.1 Å². The van der Waals surface area contributed by atoms with Gasteiger partial charge in [0.25, 0.3) is 0 Å². The first kappa shape index (κ1) is 16.3. The Labute approximate surface area is 132 Å². The zero-order chi connectivity index (χ0) is 16.7. The molecule has 1 atom stereocenters. The summed E-state index contributed by atoms with van der Waals surface area (Å²) < 4.78 is 53.4. The van der Waals surface area contributed by atoms with E-state index in [2.05, 4.69) is 5.32 Å². The van der Waals surface area contributed by atoms with Crippen LogP contribution in [0.2, 0.25) is 0 Å². The smallest absolute Gasteiger partial charge is 0.341 e. The van der Waals surface area contributed by atoms with E-state index >= 15 is 0 Å². The highest BCUT2D eigenvalue weighted by Gasteiger charge is 2.57. The van der Waals surface area contributed by atoms with Gasteiger partial charge in [0.15, 0.2) is 0 Å². The molecule has 2 aliphatic rings. The van der Waals surface area contributed by atoms with E-state index in [0.717, 1.165) is 31.4 Å². The van der Waals surface area contributed by atoms with Gasteiger partial charge in [0.05, 0.1) is 4.90 Å². The van der Waals surface area contributed by atoms with Crippen molar-refractivity contribution < 1.29 is 26.7 Å². The lowest BCUT2D eigenvalue weighted by Crippen LogP contribution is -2.24. The first-order chi connectivity index (χ1) is 10.8. The maximum atomic E-state index is 12.6. The lowest BCUT2D eigenvalue weighted by Gasteiger charge is -2.22. The first-order valence-corrected chi connectivity index (χ1v) is 8.91. The average Bonchev–Trinajstić information content (AvgIpc) is 3.21. The third kappa shape index (κ3) is 3.10. The summed E-state index contributed by atoms with van der Waals surface area (Å²) in [4.78, 5) is 11.8. The van der Waals surface area contributed by atoms with Crippen molar-refractivity contribution in [1.29, 1.82) is 0 Å². The predicted octanol–water partition coefficient (Wildman–Crippen LogP) is 2.44. The Balaban J connectivity index is 1.71. The number of amides is 1. The van der Waals surface area contributed by atoms with Gasteiger partial charge in [-0.05, 0) is 42.9 Å². The average molecular weight is 345 g/mol. The molecule has 1 saturated heterocycles. The minimum Gasteiger partial charge on any atom is -0.381 e. The number of sulfone groups is 1. The third-order valence-electron chi connectivity index (χ3n) is 4.66. The number of nitrogens with one attached hydrogen (secondary N) is 1. The molecule has 2 fully saturated rings. The maximum Gasteiger partial charge on any atom is 0.341 e. The standard InChI is InChI=1S/C15H17F2NO4S/c16-14(17)23(20,21)11-3-1-2-10(8-11)18-13(19)12-9-15(12)4-6-22-7-5-15/h1-3,8,12,14H,4-7,9H2,(H,18,19). The Kier molecular flexibility index (Phi) is 4.14. The number of halogens is 2. The number of anilines is 1. The molecular weight excluding hydrogens is 328 g/mol. The molecule has 8 heteroatoms. The van der Waals surface area contributed by atoms with Gasteiger partial charge in [-0.3, -0.25) is 4.79 Å². The van der Waals surface area contributed by atoms with Crippen molar-refractivity contribution in [1.82, 2.24) is 0 Å². The molecule has 23 heavy (non-hydrogen) atoms. The lowest BCUT2D eigenvalue weighted by atomic mass is 9.93. The predicted molar refractivity (Wildman–Crippen MR) is 78.9 cm³/mol. The molecule has 1 heterocycles. The highest BCUT2D eigenvalue weighted by Crippen LogP contribution is 2.59. The fraction of sp³-hybridized carbons (Fsp3) is 0.533. The molecule has 1 saturated carbocycles. The van der Waals surface area contributed by atoms with Gasteiger partial charge in [-0.2, -0.15) is 8.78 Å². The Morgan fingerprint density at radius 2 is 2.00 bits per heavy atom. The molecular formula is C15H17F2NO4S. The molecule has 1 N–H and O–H groups in total. The van der Waals surface area contributed by atoms with Crippen LogP contribution in [0.3, 0.4) is 0 Å². The van der Waals surface area contributed by atoms with Crippen LogP contribution >= 0.6 is 0 Å². The van der Waals surface area contributed by atoms with Gasteiger partial charge in [-0.25, -0.2) is 8.42 Å². The Morgan fingerprint density at radius 3 is 2.65 bits per heavy atom. The van der Waals surface area contributed by atoms with Gasteiger partial charge >= 0.3 is 5.76 Å². The Bertz CT molecular complexity index is 714. The molecule has 1 aromatic rings. The number of benzene rings is 1. The lowest BCUT2D eigenvalue weighted by molar-refractivity contribution is -0.118. The molecule has 0 bridgehead atoms. The van der Waals surface area contributed by atoms with Gasteiger partial charge in [0.1, 0.15) is 0 Å². The summed E-state index contributed by atoms with van der Waals surface area (Å²) in [7, 11) is -4.67. The van der Waals surface area contributed by atoms with Crippen LogP contribution in [0.1, 0.15) is 19.3 Å². The van der Waals surface area contributed by atoms with E-state index in [1.807, 2.05) is 0 Å². The molecule has 1 aromatic carbocycles. The van der Waals surface area contributed by atoms with Gasteiger partial charge in [-0.1, -0.05) is 6.07 Å². The largest absolute Gasteiger partial charge is 0.381 e. The summed E-state index contributed by atoms with van der Waals surface area (Å²) in [5, 5.41) is 2.64. The number of ether oxygens (including phenoxy) is 1. The molecule has 126 valence electrons. The van der Waals surface area contributed by atoms with E-state index in [4.69, 9.17) is 4.74 Å². The quantitative estimate of drug-likeness (QED) is 0.910. The van der Waals surface area contributed by atoms with E-state index < -0.39 is 20.5 Å². The van der Waals surface area contributed by atoms with Gasteiger partial charge in [0.2, 0.25) is 15.7 Å². The Hall–Kier alpha value is -1.54. The first-order valence-electron chi connectivity index (χ1n) is 7.36. The summed E-state index contributed by atoms with van der Waals surface area (Å²) in [5.74, 6) is -3.80. The van der Waals surface area contributed by atoms with Crippen molar-refractivity contribution in [3.63, 3.8) is 0 Å². The summed E-state index contributed by atoms with van der Waals surface area (Å²) >= 11 is 0. The minimum absolute atomic E-state index is 0.00497. The molecule has 0 radical (unpaired) electrons. The van der Waals surface area contributed by atoms with Crippen LogP contribution in [0, 0.1) is 11.3 Å². The second-order valence-corrected chi connectivity index (χ2v) is 7.97. The van der Waals surface area contributed by atoms with Crippen LogP contribution in [-0.4, -0.2) is 33.3 Å². The summed E-state index contributed by atoms with van der Waals surface area (Å²) in [6.07, 6.45) is 2.47. The van der Waals surface area contributed by atoms with Crippen molar-refractivity contribution >= 4 is 21.4 Å². The van der Waals surface area contributed by atoms with Crippen molar-refractivity contribution in [2.24, 2.45) is 11.3 Å². The number of rotatable bonds is 4. The van der Waals surface area contributed by atoms with Gasteiger partial charge in [-0.15, -0.1) is 0 Å². The highest BCUT2D eigenvalue weighted by atomic mass is 32.2. The van der Waals surface area contributed by atoms with Crippen molar-refractivity contribution in [3.8, 4) is 0 Å². The monoisotopic (exact) mass is 345 g/mol. The van der Waals surface area contributed by atoms with E-state index in [9.17, 15) is 22.0 Å². The topological polar surface area (TPSA) is 72.5 Å². The molecule has 1 aliphatic carbocycles. The molecule has 1 spiro atoms. The number of carbonyl (C=O) groups excluding carboxylic acids is 1. The van der Waals surface area contributed by atoms with Crippen LogP contribution in [0.25, 0.3) is 0 Å². The summed E-state index contributed by atoms with van der Waals surface area (Å²) in [6, 6.07) is 4.98. The highest BCUT2D eigenvalue weighted by molar-refractivity contribution is 7.91. The van der Waals surface area contributed by atoms with Gasteiger partial charge < -0.3 is 10.1 Å². The number of hydrogen-bond donors (Lipinski definition) is 1. The second-order valence-electron chi connectivity index (χ2n) is 6.05. The Morgan fingerprint density at radius 1 is 1.30 bits per heavy atom. The fourth-order valence-corrected chi connectivity index (χ4v) is 3.90. The minimum atomic E-state index is -4.67. The van der Waals surface area contributed by atoms with E-state index in [-0.39, 0.29) is 22.9 Å². The zero-order valence-electron chi connectivity index (χ0n) is 12.3. The SMILES string of the molecule is O=C(Nc1cccc(S(=O)(=O)C(F)F)c1)C1CC12CCOCC2. The van der Waals surface area contributed by atoms with Crippen LogP contribution in [0.5, 0.6) is 0 Å². The summed E-state index contributed by atoms with van der Waals surface area (Å²) in [5.41, 5.74) is 0.209. The molecule has 1 unspecified atom stereocenters. The third-order valence-corrected chi connectivity index (χ3v) is 6.04. The molecule has 3 rings (SSSR count). The zero-order valence-corrected chi connectivity index (χ0v) is 13.1. The number of alkyl halides is 2. The number of carbonyl (C=O) groups is 1. The van der Waals surface area contributed by atoms with E-state index in [0.29, 0.717) is 13.2 Å². The second kappa shape index (κ2) is 5.83. The molecule has 1 amide bonds. The maximum absolute atomic E-state index is 12.6. The van der Waals surface area contributed by atoms with Gasteiger partial charge in [0, 0.05) is 24.8 Å². The van der Waals surface area contributed by atoms with Crippen molar-refractivity contribution in [2.45, 2.75) is 29.9 Å². The van der Waals surface area contributed by atoms with Crippen LogP contribution in [0.4, 0.5) is 14.5 Å². The van der Waals surface area contributed by atoms with E-state index in [1.54, 1.807) is 0 Å². The van der Waals surface area contributed by atoms with Crippen molar-refractivity contribution in [3.05, 3.63) is 24.3 Å². The fourth-order valence-electron chi connectivity index (χ4n) is 3.13. The molecule has 5 nitrogen and oxygen atoms in total. The molecule has 1 aliphatic heterocycles. The summed E-state index contributed by atoms with van der Waals surface area (Å²) in [6.45, 7) is 1.29. The van der Waals surface area contributed by atoms with Crippen molar-refractivity contribution in [2.75, 3.05) is 18.5 Å². The molecule has 0 aromatic heterocycles. The van der Waals surface area contributed by atoms with Crippen LogP contribution < -0.4 is 5.32 Å².